The molecule has 2 aromatic carbocycles. The Morgan fingerprint density at radius 1 is 1.00 bits per heavy atom. The number of aryl methyl sites for hydroxylation is 1. The van der Waals surface area contributed by atoms with Crippen LogP contribution in [0.3, 0.4) is 0 Å². The summed E-state index contributed by atoms with van der Waals surface area (Å²) in [5, 5.41) is 3.38. The normalized spacial score (nSPS) is 11.2. The first kappa shape index (κ1) is 12.3. The Kier molecular flexibility index (Phi) is 4.04. The molecular formula is C17H17N. The lowest BCUT2D eigenvalue weighted by Gasteiger charge is -2.09. The molecule has 0 aliphatic rings. The molecule has 0 aliphatic carbocycles. The van der Waals surface area contributed by atoms with E-state index in [4.69, 9.17) is 0 Å². The third-order valence-corrected chi connectivity index (χ3v) is 2.61. The van der Waals surface area contributed by atoms with Crippen molar-refractivity contribution < 1.29 is 0 Å². The lowest BCUT2D eigenvalue weighted by atomic mass is 10.2. The molecule has 0 saturated heterocycles. The van der Waals surface area contributed by atoms with Crippen LogP contribution in [0, 0.1) is 18.8 Å². The number of rotatable bonds is 2. The van der Waals surface area contributed by atoms with E-state index in [1.807, 2.05) is 30.3 Å². The summed E-state index contributed by atoms with van der Waals surface area (Å²) in [4.78, 5) is 0. The molecule has 0 radical (unpaired) electrons. The van der Waals surface area contributed by atoms with Crippen molar-refractivity contribution in [1.82, 2.24) is 0 Å². The number of benzene rings is 2. The highest BCUT2D eigenvalue weighted by Crippen LogP contribution is 2.10. The van der Waals surface area contributed by atoms with Crippen LogP contribution < -0.4 is 5.32 Å². The second kappa shape index (κ2) is 5.93. The van der Waals surface area contributed by atoms with Crippen LogP contribution in [0.2, 0.25) is 0 Å². The van der Waals surface area contributed by atoms with E-state index < -0.39 is 0 Å². The molecule has 0 fully saturated rings. The standard InChI is InChI=1S/C17H17N/c1-14-7-6-10-17(13-14)18-15(2)11-12-16-8-4-3-5-9-16/h3-10,13,15,18H,1-2H3/t15-/m1/s1. The van der Waals surface area contributed by atoms with E-state index >= 15 is 0 Å². The summed E-state index contributed by atoms with van der Waals surface area (Å²) in [6.45, 7) is 4.16. The maximum absolute atomic E-state index is 3.38. The average Bonchev–Trinajstić information content (AvgIpc) is 2.38. The minimum Gasteiger partial charge on any atom is -0.372 e. The monoisotopic (exact) mass is 235 g/mol. The van der Waals surface area contributed by atoms with Crippen molar-refractivity contribution in [3.8, 4) is 11.8 Å². The summed E-state index contributed by atoms with van der Waals surface area (Å²) < 4.78 is 0. The second-order valence-electron chi connectivity index (χ2n) is 4.37. The largest absolute Gasteiger partial charge is 0.372 e. The van der Waals surface area contributed by atoms with E-state index in [2.05, 4.69) is 55.3 Å². The summed E-state index contributed by atoms with van der Waals surface area (Å²) in [6.07, 6.45) is 0. The SMILES string of the molecule is Cc1cccc(N[C@H](C)C#Cc2ccccc2)c1. The van der Waals surface area contributed by atoms with Crippen LogP contribution >= 0.6 is 0 Å². The fourth-order valence-electron chi connectivity index (χ4n) is 1.73. The molecule has 1 atom stereocenters. The first-order valence-corrected chi connectivity index (χ1v) is 6.14. The van der Waals surface area contributed by atoms with Gasteiger partial charge in [0.15, 0.2) is 0 Å². The van der Waals surface area contributed by atoms with Crippen LogP contribution in [0.4, 0.5) is 5.69 Å². The zero-order chi connectivity index (χ0) is 12.8. The highest BCUT2D eigenvalue weighted by molar-refractivity contribution is 5.48. The minimum absolute atomic E-state index is 0.131. The Labute approximate surface area is 109 Å². The average molecular weight is 235 g/mol. The van der Waals surface area contributed by atoms with Gasteiger partial charge < -0.3 is 5.32 Å². The summed E-state index contributed by atoms with van der Waals surface area (Å²) >= 11 is 0. The number of hydrogen-bond donors (Lipinski definition) is 1. The van der Waals surface area contributed by atoms with Gasteiger partial charge in [-0.05, 0) is 43.7 Å². The fraction of sp³-hybridized carbons (Fsp3) is 0.176. The third-order valence-electron chi connectivity index (χ3n) is 2.61. The van der Waals surface area contributed by atoms with E-state index in [1.165, 1.54) is 5.56 Å². The smallest absolute Gasteiger partial charge is 0.0852 e. The lowest BCUT2D eigenvalue weighted by molar-refractivity contribution is 1.03. The topological polar surface area (TPSA) is 12.0 Å². The van der Waals surface area contributed by atoms with Gasteiger partial charge in [0.25, 0.3) is 0 Å². The Bertz CT molecular complexity index is 561. The number of nitrogens with one attached hydrogen (secondary N) is 1. The van der Waals surface area contributed by atoms with Crippen molar-refractivity contribution in [2.24, 2.45) is 0 Å². The molecule has 1 heteroatoms. The molecule has 0 bridgehead atoms. The molecule has 0 amide bonds. The third kappa shape index (κ3) is 3.68. The van der Waals surface area contributed by atoms with Crippen LogP contribution in [0.1, 0.15) is 18.1 Å². The fourth-order valence-corrected chi connectivity index (χ4v) is 1.73. The minimum atomic E-state index is 0.131. The summed E-state index contributed by atoms with van der Waals surface area (Å²) in [5.74, 6) is 6.37. The maximum atomic E-state index is 3.38. The van der Waals surface area contributed by atoms with Crippen LogP contribution in [0.15, 0.2) is 54.6 Å². The molecule has 0 unspecified atom stereocenters. The van der Waals surface area contributed by atoms with E-state index in [9.17, 15) is 0 Å². The quantitative estimate of drug-likeness (QED) is 0.780. The van der Waals surface area contributed by atoms with Crippen LogP contribution in [0.5, 0.6) is 0 Å². The molecule has 1 nitrogen and oxygen atoms in total. The van der Waals surface area contributed by atoms with Crippen LogP contribution in [-0.2, 0) is 0 Å². The van der Waals surface area contributed by atoms with Gasteiger partial charge in [0.1, 0.15) is 0 Å². The maximum Gasteiger partial charge on any atom is 0.0852 e. The highest BCUT2D eigenvalue weighted by atomic mass is 14.9. The van der Waals surface area contributed by atoms with Crippen molar-refractivity contribution in [2.45, 2.75) is 19.9 Å². The molecular weight excluding hydrogens is 218 g/mol. The van der Waals surface area contributed by atoms with Crippen LogP contribution in [-0.4, -0.2) is 6.04 Å². The zero-order valence-electron chi connectivity index (χ0n) is 10.8. The Morgan fingerprint density at radius 3 is 2.50 bits per heavy atom. The van der Waals surface area contributed by atoms with Gasteiger partial charge in [0, 0.05) is 11.3 Å². The molecule has 2 aromatic rings. The van der Waals surface area contributed by atoms with Gasteiger partial charge in [-0.2, -0.15) is 0 Å². The lowest BCUT2D eigenvalue weighted by Crippen LogP contribution is -2.12. The predicted molar refractivity (Wildman–Crippen MR) is 77.6 cm³/mol. The van der Waals surface area contributed by atoms with Gasteiger partial charge >= 0.3 is 0 Å². The van der Waals surface area contributed by atoms with Gasteiger partial charge in [0.2, 0.25) is 0 Å². The zero-order valence-corrected chi connectivity index (χ0v) is 10.8. The van der Waals surface area contributed by atoms with E-state index in [-0.39, 0.29) is 6.04 Å². The molecule has 0 saturated carbocycles. The van der Waals surface area contributed by atoms with Gasteiger partial charge in [-0.15, -0.1) is 0 Å². The summed E-state index contributed by atoms with van der Waals surface area (Å²) in [6, 6.07) is 18.5. The van der Waals surface area contributed by atoms with E-state index in [1.54, 1.807) is 0 Å². The van der Waals surface area contributed by atoms with Crippen molar-refractivity contribution in [1.29, 1.82) is 0 Å². The van der Waals surface area contributed by atoms with Gasteiger partial charge in [-0.25, -0.2) is 0 Å². The molecule has 1 N–H and O–H groups in total. The molecule has 2 rings (SSSR count). The summed E-state index contributed by atoms with van der Waals surface area (Å²) in [7, 11) is 0. The highest BCUT2D eigenvalue weighted by Gasteiger charge is 1.97. The van der Waals surface area contributed by atoms with E-state index in [0.29, 0.717) is 0 Å². The summed E-state index contributed by atoms with van der Waals surface area (Å²) in [5.41, 5.74) is 3.42. The van der Waals surface area contributed by atoms with Crippen LogP contribution in [0.25, 0.3) is 0 Å². The molecule has 0 spiro atoms. The Morgan fingerprint density at radius 2 is 1.78 bits per heavy atom. The molecule has 90 valence electrons. The van der Waals surface area contributed by atoms with Crippen molar-refractivity contribution in [3.05, 3.63) is 65.7 Å². The van der Waals surface area contributed by atoms with Crippen molar-refractivity contribution in [3.63, 3.8) is 0 Å². The first-order valence-electron chi connectivity index (χ1n) is 6.14. The van der Waals surface area contributed by atoms with Gasteiger partial charge in [-0.3, -0.25) is 0 Å². The number of hydrogen-bond acceptors (Lipinski definition) is 1. The molecule has 18 heavy (non-hydrogen) atoms. The second-order valence-corrected chi connectivity index (χ2v) is 4.37. The Balaban J connectivity index is 2.01. The molecule has 0 aliphatic heterocycles. The van der Waals surface area contributed by atoms with Crippen molar-refractivity contribution in [2.75, 3.05) is 5.32 Å². The molecule has 0 aromatic heterocycles. The molecule has 0 heterocycles. The van der Waals surface area contributed by atoms with Gasteiger partial charge in [0.05, 0.1) is 6.04 Å². The Hall–Kier alpha value is -2.20. The first-order chi connectivity index (χ1) is 8.74. The predicted octanol–water partition coefficient (Wildman–Crippen LogP) is 3.85. The van der Waals surface area contributed by atoms with Gasteiger partial charge in [-0.1, -0.05) is 42.2 Å². The van der Waals surface area contributed by atoms with Crippen molar-refractivity contribution >= 4 is 5.69 Å². The number of anilines is 1. The van der Waals surface area contributed by atoms with E-state index in [0.717, 1.165) is 11.3 Å².